The van der Waals surface area contributed by atoms with Gasteiger partial charge in [0, 0.05) is 37.4 Å². The highest BCUT2D eigenvalue weighted by molar-refractivity contribution is 5.53. The molecule has 0 aliphatic carbocycles. The summed E-state index contributed by atoms with van der Waals surface area (Å²) in [6, 6.07) is 5.55. The van der Waals surface area contributed by atoms with Crippen molar-refractivity contribution in [3.05, 3.63) is 29.6 Å². The molecule has 1 aromatic rings. The van der Waals surface area contributed by atoms with Gasteiger partial charge < -0.3 is 15.0 Å². The Morgan fingerprint density at radius 1 is 1.25 bits per heavy atom. The van der Waals surface area contributed by atoms with Gasteiger partial charge in [-0.05, 0) is 26.0 Å². The van der Waals surface area contributed by atoms with Crippen molar-refractivity contribution in [3.8, 4) is 0 Å². The molecular formula is C16H27FN2O. The molecule has 0 saturated carbocycles. The molecule has 0 bridgehead atoms. The van der Waals surface area contributed by atoms with Gasteiger partial charge in [0.25, 0.3) is 0 Å². The zero-order valence-electron chi connectivity index (χ0n) is 13.2. The van der Waals surface area contributed by atoms with Crippen molar-refractivity contribution in [2.75, 3.05) is 25.1 Å². The molecule has 0 aliphatic heterocycles. The van der Waals surface area contributed by atoms with Crippen molar-refractivity contribution >= 4 is 5.69 Å². The zero-order chi connectivity index (χ0) is 15.1. The summed E-state index contributed by atoms with van der Waals surface area (Å²) in [6.45, 7) is 10.1. The summed E-state index contributed by atoms with van der Waals surface area (Å²) in [4.78, 5) is 2.04. The number of halogens is 1. The lowest BCUT2D eigenvalue weighted by molar-refractivity contribution is 0.0846. The molecule has 3 nitrogen and oxygen atoms in total. The van der Waals surface area contributed by atoms with E-state index in [0.717, 1.165) is 12.2 Å². The maximum Gasteiger partial charge on any atom is 0.129 e. The van der Waals surface area contributed by atoms with Crippen LogP contribution in [0.5, 0.6) is 0 Å². The van der Waals surface area contributed by atoms with E-state index in [-0.39, 0.29) is 11.9 Å². The maximum absolute atomic E-state index is 14.0. The molecule has 4 heteroatoms. The molecule has 1 aromatic carbocycles. The summed E-state index contributed by atoms with van der Waals surface area (Å²) in [6.07, 6.45) is 0.220. The Morgan fingerprint density at radius 3 is 2.55 bits per heavy atom. The molecule has 0 amide bonds. The van der Waals surface area contributed by atoms with Crippen molar-refractivity contribution in [2.24, 2.45) is 0 Å². The third-order valence-corrected chi connectivity index (χ3v) is 3.07. The summed E-state index contributed by atoms with van der Waals surface area (Å²) < 4.78 is 19.6. The van der Waals surface area contributed by atoms with Crippen LogP contribution in [-0.2, 0) is 11.3 Å². The van der Waals surface area contributed by atoms with Crippen molar-refractivity contribution in [3.63, 3.8) is 0 Å². The van der Waals surface area contributed by atoms with E-state index in [0.29, 0.717) is 24.8 Å². The molecule has 0 heterocycles. The topological polar surface area (TPSA) is 24.5 Å². The van der Waals surface area contributed by atoms with Gasteiger partial charge in [-0.2, -0.15) is 0 Å². The van der Waals surface area contributed by atoms with Gasteiger partial charge in [-0.25, -0.2) is 4.39 Å². The lowest BCUT2D eigenvalue weighted by Crippen LogP contribution is -2.28. The van der Waals surface area contributed by atoms with E-state index in [4.69, 9.17) is 4.74 Å². The fraction of sp³-hybridized carbons (Fsp3) is 0.625. The average Bonchev–Trinajstić information content (AvgIpc) is 2.36. The van der Waals surface area contributed by atoms with Crippen LogP contribution in [0.4, 0.5) is 10.1 Å². The summed E-state index contributed by atoms with van der Waals surface area (Å²) >= 11 is 0. The maximum atomic E-state index is 14.0. The van der Waals surface area contributed by atoms with E-state index in [1.165, 1.54) is 6.07 Å². The third kappa shape index (κ3) is 5.47. The average molecular weight is 282 g/mol. The van der Waals surface area contributed by atoms with E-state index < -0.39 is 0 Å². The summed E-state index contributed by atoms with van der Waals surface area (Å²) in [7, 11) is 1.97. The van der Waals surface area contributed by atoms with Crippen LogP contribution in [0.25, 0.3) is 0 Å². The predicted molar refractivity (Wildman–Crippen MR) is 82.7 cm³/mol. The number of benzene rings is 1. The number of ether oxygens (including phenoxy) is 1. The molecule has 1 rings (SSSR count). The van der Waals surface area contributed by atoms with Gasteiger partial charge in [0.15, 0.2) is 0 Å². The fourth-order valence-electron chi connectivity index (χ4n) is 1.93. The molecule has 0 unspecified atom stereocenters. The smallest absolute Gasteiger partial charge is 0.129 e. The Bertz CT molecular complexity index is 407. The second-order valence-corrected chi connectivity index (χ2v) is 5.61. The second-order valence-electron chi connectivity index (χ2n) is 5.61. The highest BCUT2D eigenvalue weighted by atomic mass is 19.1. The molecule has 0 aliphatic rings. The molecule has 0 saturated heterocycles. The molecule has 0 radical (unpaired) electrons. The molecule has 0 aromatic heterocycles. The van der Waals surface area contributed by atoms with Crippen LogP contribution in [0.3, 0.4) is 0 Å². The highest BCUT2D eigenvalue weighted by Crippen LogP contribution is 2.22. The van der Waals surface area contributed by atoms with Crippen LogP contribution in [-0.4, -0.2) is 32.3 Å². The largest absolute Gasteiger partial charge is 0.377 e. The molecule has 114 valence electrons. The van der Waals surface area contributed by atoms with Gasteiger partial charge in [-0.1, -0.05) is 19.9 Å². The van der Waals surface area contributed by atoms with Crippen molar-refractivity contribution in [2.45, 2.75) is 46.4 Å². The van der Waals surface area contributed by atoms with Crippen LogP contribution in [0.15, 0.2) is 18.2 Å². The number of hydrogen-bond acceptors (Lipinski definition) is 3. The van der Waals surface area contributed by atoms with E-state index in [1.807, 2.05) is 31.9 Å². The molecule has 20 heavy (non-hydrogen) atoms. The fourth-order valence-corrected chi connectivity index (χ4v) is 1.93. The summed E-state index contributed by atoms with van der Waals surface area (Å²) in [5.74, 6) is -0.160. The Morgan fingerprint density at radius 2 is 1.95 bits per heavy atom. The van der Waals surface area contributed by atoms with Gasteiger partial charge in [-0.15, -0.1) is 0 Å². The first-order valence-corrected chi connectivity index (χ1v) is 7.25. The van der Waals surface area contributed by atoms with E-state index in [1.54, 1.807) is 6.07 Å². The van der Waals surface area contributed by atoms with Gasteiger partial charge in [-0.3, -0.25) is 0 Å². The quantitative estimate of drug-likeness (QED) is 0.792. The van der Waals surface area contributed by atoms with Crippen molar-refractivity contribution in [1.82, 2.24) is 5.32 Å². The summed E-state index contributed by atoms with van der Waals surface area (Å²) in [5, 5.41) is 3.27. The van der Waals surface area contributed by atoms with E-state index in [9.17, 15) is 4.39 Å². The molecular weight excluding hydrogens is 255 g/mol. The first kappa shape index (κ1) is 16.9. The van der Waals surface area contributed by atoms with Gasteiger partial charge in [0.1, 0.15) is 5.82 Å². The van der Waals surface area contributed by atoms with Crippen LogP contribution in [0.2, 0.25) is 0 Å². The minimum Gasteiger partial charge on any atom is -0.377 e. The number of rotatable bonds is 8. The van der Waals surface area contributed by atoms with Gasteiger partial charge in [0.05, 0.1) is 12.7 Å². The van der Waals surface area contributed by atoms with Crippen molar-refractivity contribution < 1.29 is 9.13 Å². The molecule has 0 spiro atoms. The second kappa shape index (κ2) is 8.22. The Balaban J connectivity index is 2.74. The molecule has 0 atom stereocenters. The van der Waals surface area contributed by atoms with Gasteiger partial charge >= 0.3 is 0 Å². The van der Waals surface area contributed by atoms with Crippen LogP contribution >= 0.6 is 0 Å². The van der Waals surface area contributed by atoms with Crippen LogP contribution in [0.1, 0.15) is 33.3 Å². The first-order chi connectivity index (χ1) is 9.41. The van der Waals surface area contributed by atoms with E-state index in [2.05, 4.69) is 19.2 Å². The number of likely N-dealkylation sites (N-methyl/N-ethyl adjacent to an activating group) is 1. The highest BCUT2D eigenvalue weighted by Gasteiger charge is 2.12. The lowest BCUT2D eigenvalue weighted by Gasteiger charge is -2.24. The summed E-state index contributed by atoms with van der Waals surface area (Å²) in [5.41, 5.74) is 1.64. The van der Waals surface area contributed by atoms with Gasteiger partial charge in [0.2, 0.25) is 0 Å². The minimum atomic E-state index is -0.160. The lowest BCUT2D eigenvalue weighted by atomic mass is 10.1. The predicted octanol–water partition coefficient (Wildman–Crippen LogP) is 3.18. The molecule has 1 N–H and O–H groups in total. The standard InChI is InChI=1S/C16H27FN2O/c1-12(2)18-11-14-15(17)7-6-8-16(14)19(5)9-10-20-13(3)4/h6-8,12-13,18H,9-11H2,1-5H3. The SMILES string of the molecule is CC(C)NCc1c(F)cccc1N(C)CCOC(C)C. The minimum absolute atomic E-state index is 0.160. The van der Waals surface area contributed by atoms with E-state index >= 15 is 0 Å². The number of nitrogens with one attached hydrogen (secondary N) is 1. The normalized spacial score (nSPS) is 11.4. The Kier molecular flexibility index (Phi) is 6.96. The number of anilines is 1. The zero-order valence-corrected chi connectivity index (χ0v) is 13.2. The third-order valence-electron chi connectivity index (χ3n) is 3.07. The number of hydrogen-bond donors (Lipinski definition) is 1. The molecule has 0 fully saturated rings. The number of nitrogens with zero attached hydrogens (tertiary/aromatic N) is 1. The first-order valence-electron chi connectivity index (χ1n) is 7.25. The van der Waals surface area contributed by atoms with Crippen LogP contribution < -0.4 is 10.2 Å². The monoisotopic (exact) mass is 282 g/mol. The Labute approximate surface area is 122 Å². The van der Waals surface area contributed by atoms with Crippen molar-refractivity contribution in [1.29, 1.82) is 0 Å². The Hall–Kier alpha value is -1.13. The van der Waals surface area contributed by atoms with Crippen LogP contribution in [0, 0.1) is 5.82 Å².